The van der Waals surface area contributed by atoms with Crippen LogP contribution in [0.1, 0.15) is 43.1 Å². The number of hydrogen-bond donors (Lipinski definition) is 2. The SMILES string of the molecule is CCOC(=O)CCc1nc2ccc(C)cc2[nH]1.Cc1ccc(N)c([N+](=O)[O-])c1.O=C1CCC(=O)O1. The largest absolute Gasteiger partial charge is 0.466 e. The molecule has 0 unspecified atom stereocenters. The lowest BCUT2D eigenvalue weighted by atomic mass is 10.2. The number of H-pyrrole nitrogens is 1. The van der Waals surface area contributed by atoms with Crippen LogP contribution in [-0.4, -0.2) is 39.4 Å². The quantitative estimate of drug-likeness (QED) is 0.180. The molecule has 2 aromatic carbocycles. The molecule has 0 saturated carbocycles. The summed E-state index contributed by atoms with van der Waals surface area (Å²) in [7, 11) is 0. The molecule has 0 atom stereocenters. The lowest BCUT2D eigenvalue weighted by Gasteiger charge is -1.98. The highest BCUT2D eigenvalue weighted by molar-refractivity contribution is 5.92. The molecule has 1 saturated heterocycles. The molecule has 0 amide bonds. The molecule has 186 valence electrons. The van der Waals surface area contributed by atoms with E-state index in [9.17, 15) is 24.5 Å². The van der Waals surface area contributed by atoms with E-state index in [0.717, 1.165) is 22.4 Å². The van der Waals surface area contributed by atoms with Gasteiger partial charge >= 0.3 is 17.9 Å². The number of nitro groups is 1. The summed E-state index contributed by atoms with van der Waals surface area (Å²) < 4.78 is 8.96. The standard InChI is InChI=1S/C13H16N2O2.C7H8N2O2.C4H4O3/c1-3-17-13(16)7-6-12-14-10-5-4-9(2)8-11(10)15-12;1-5-2-3-6(8)7(4-5)9(10)11;5-3-1-2-4(6)7-3/h4-5,8H,3,6-7H2,1-2H3,(H,14,15);2-4H,8H2,1H3;1-2H2. The topological polar surface area (TPSA) is 168 Å². The fourth-order valence-electron chi connectivity index (χ4n) is 2.99. The predicted octanol–water partition coefficient (Wildman–Crippen LogP) is 3.70. The Hall–Kier alpha value is -4.28. The molecule has 11 heteroatoms. The van der Waals surface area contributed by atoms with E-state index < -0.39 is 16.9 Å². The van der Waals surface area contributed by atoms with E-state index in [1.54, 1.807) is 13.0 Å². The van der Waals surface area contributed by atoms with Gasteiger partial charge in [0, 0.05) is 12.5 Å². The summed E-state index contributed by atoms with van der Waals surface area (Å²) in [5, 5.41) is 10.3. The number of fused-ring (bicyclic) bond motifs is 1. The number of carbonyl (C=O) groups is 3. The van der Waals surface area contributed by atoms with Crippen molar-refractivity contribution in [3.63, 3.8) is 0 Å². The molecule has 3 N–H and O–H groups in total. The second-order valence-corrected chi connectivity index (χ2v) is 7.67. The fourth-order valence-corrected chi connectivity index (χ4v) is 2.99. The number of nitrogens with two attached hydrogens (primary N) is 1. The third-order valence-corrected chi connectivity index (χ3v) is 4.70. The molecule has 4 rings (SSSR count). The zero-order chi connectivity index (χ0) is 26.0. The molecule has 0 aliphatic carbocycles. The van der Waals surface area contributed by atoms with E-state index in [2.05, 4.69) is 20.8 Å². The summed E-state index contributed by atoms with van der Waals surface area (Å²) in [6.45, 7) is 6.06. The van der Waals surface area contributed by atoms with Crippen LogP contribution in [0.25, 0.3) is 11.0 Å². The van der Waals surface area contributed by atoms with Gasteiger partial charge in [-0.2, -0.15) is 0 Å². The Morgan fingerprint density at radius 3 is 2.31 bits per heavy atom. The first kappa shape index (κ1) is 27.0. The molecule has 0 radical (unpaired) electrons. The first-order valence-electron chi connectivity index (χ1n) is 10.9. The van der Waals surface area contributed by atoms with Crippen LogP contribution in [0.4, 0.5) is 11.4 Å². The second-order valence-electron chi connectivity index (χ2n) is 7.67. The molecule has 0 bridgehead atoms. The molecule has 35 heavy (non-hydrogen) atoms. The van der Waals surface area contributed by atoms with E-state index in [-0.39, 0.29) is 30.2 Å². The number of carbonyl (C=O) groups excluding carboxylic acids is 3. The van der Waals surface area contributed by atoms with Crippen LogP contribution < -0.4 is 5.73 Å². The van der Waals surface area contributed by atoms with Crippen LogP contribution in [0.15, 0.2) is 36.4 Å². The van der Waals surface area contributed by atoms with Crippen LogP contribution in [0.5, 0.6) is 0 Å². The molecule has 2 heterocycles. The molecule has 11 nitrogen and oxygen atoms in total. The number of hydrogen-bond acceptors (Lipinski definition) is 9. The van der Waals surface area contributed by atoms with Crippen molar-refractivity contribution in [1.82, 2.24) is 9.97 Å². The third-order valence-electron chi connectivity index (χ3n) is 4.70. The van der Waals surface area contributed by atoms with Gasteiger partial charge in [0.05, 0.1) is 41.8 Å². The number of imidazole rings is 1. The van der Waals surface area contributed by atoms with Crippen molar-refractivity contribution < 1.29 is 28.8 Å². The number of rotatable bonds is 5. The Morgan fingerprint density at radius 2 is 1.77 bits per heavy atom. The molecule has 3 aromatic rings. The van der Waals surface area contributed by atoms with Gasteiger partial charge in [-0.05, 0) is 50.1 Å². The van der Waals surface area contributed by atoms with Gasteiger partial charge in [-0.25, -0.2) is 4.98 Å². The van der Waals surface area contributed by atoms with Gasteiger partial charge in [-0.3, -0.25) is 24.5 Å². The summed E-state index contributed by atoms with van der Waals surface area (Å²) >= 11 is 0. The van der Waals surface area contributed by atoms with Gasteiger partial charge in [0.1, 0.15) is 11.5 Å². The van der Waals surface area contributed by atoms with E-state index >= 15 is 0 Å². The number of nitrogens with one attached hydrogen (secondary N) is 1. The molecular formula is C24H28N4O7. The fraction of sp³-hybridized carbons (Fsp3) is 0.333. The van der Waals surface area contributed by atoms with Crippen molar-refractivity contribution in [2.45, 2.75) is 46.5 Å². The number of cyclic esters (lactones) is 2. The maximum atomic E-state index is 11.2. The summed E-state index contributed by atoms with van der Waals surface area (Å²) in [6.07, 6.45) is 1.48. The maximum Gasteiger partial charge on any atom is 0.314 e. The number of aromatic amines is 1. The number of anilines is 1. The van der Waals surface area contributed by atoms with Crippen molar-refractivity contribution in [3.05, 3.63) is 63.5 Å². The Morgan fingerprint density at radius 1 is 1.14 bits per heavy atom. The van der Waals surface area contributed by atoms with E-state index in [0.29, 0.717) is 19.4 Å². The molecule has 1 aromatic heterocycles. The third kappa shape index (κ3) is 8.88. The van der Waals surface area contributed by atoms with Crippen molar-refractivity contribution in [1.29, 1.82) is 0 Å². The van der Waals surface area contributed by atoms with Crippen LogP contribution in [0.3, 0.4) is 0 Å². The summed E-state index contributed by atoms with van der Waals surface area (Å²) in [5.41, 5.74) is 9.52. The lowest BCUT2D eigenvalue weighted by Crippen LogP contribution is -2.05. The highest BCUT2D eigenvalue weighted by Gasteiger charge is 2.19. The van der Waals surface area contributed by atoms with Crippen LogP contribution in [0.2, 0.25) is 0 Å². The average molecular weight is 485 g/mol. The van der Waals surface area contributed by atoms with Gasteiger partial charge in [-0.15, -0.1) is 0 Å². The van der Waals surface area contributed by atoms with Crippen molar-refractivity contribution in [2.75, 3.05) is 12.3 Å². The average Bonchev–Trinajstić information content (AvgIpc) is 3.39. The number of esters is 3. The summed E-state index contributed by atoms with van der Waals surface area (Å²) in [6, 6.07) is 10.8. The summed E-state index contributed by atoms with van der Waals surface area (Å²) in [5.74, 6) is -0.141. The number of nitrogen functional groups attached to an aromatic ring is 1. The number of nitro benzene ring substituents is 1. The lowest BCUT2D eigenvalue weighted by molar-refractivity contribution is -0.383. The molecule has 1 aliphatic heterocycles. The van der Waals surface area contributed by atoms with Crippen molar-refractivity contribution >= 4 is 40.3 Å². The summed E-state index contributed by atoms with van der Waals surface area (Å²) in [4.78, 5) is 48.7. The van der Waals surface area contributed by atoms with Gasteiger partial charge in [0.2, 0.25) is 0 Å². The van der Waals surface area contributed by atoms with Gasteiger partial charge in [-0.1, -0.05) is 12.1 Å². The van der Waals surface area contributed by atoms with Gasteiger partial charge in [0.15, 0.2) is 0 Å². The minimum Gasteiger partial charge on any atom is -0.466 e. The zero-order valence-electron chi connectivity index (χ0n) is 19.8. The Labute approximate surface area is 201 Å². The Bertz CT molecular complexity index is 1210. The number of ether oxygens (including phenoxy) is 2. The minimum absolute atomic E-state index is 0.0231. The molecule has 1 aliphatic rings. The van der Waals surface area contributed by atoms with Crippen LogP contribution in [0, 0.1) is 24.0 Å². The van der Waals surface area contributed by atoms with Gasteiger partial charge < -0.3 is 20.2 Å². The van der Waals surface area contributed by atoms with Crippen LogP contribution >= 0.6 is 0 Å². The van der Waals surface area contributed by atoms with Crippen molar-refractivity contribution in [2.24, 2.45) is 0 Å². The van der Waals surface area contributed by atoms with Crippen molar-refractivity contribution in [3.8, 4) is 0 Å². The zero-order valence-corrected chi connectivity index (χ0v) is 19.8. The van der Waals surface area contributed by atoms with E-state index in [4.69, 9.17) is 10.5 Å². The predicted molar refractivity (Wildman–Crippen MR) is 128 cm³/mol. The van der Waals surface area contributed by atoms with Crippen LogP contribution in [-0.2, 0) is 30.3 Å². The molecular weight excluding hydrogens is 456 g/mol. The molecule has 1 fully saturated rings. The van der Waals surface area contributed by atoms with Gasteiger partial charge in [0.25, 0.3) is 5.69 Å². The first-order chi connectivity index (χ1) is 16.6. The first-order valence-corrected chi connectivity index (χ1v) is 10.9. The maximum absolute atomic E-state index is 11.2. The van der Waals surface area contributed by atoms with E-state index in [1.807, 2.05) is 26.0 Å². The molecule has 0 spiro atoms. The number of aromatic nitrogens is 2. The number of benzene rings is 2. The number of aryl methyl sites for hydroxylation is 3. The highest BCUT2D eigenvalue weighted by atomic mass is 16.6. The smallest absolute Gasteiger partial charge is 0.314 e. The number of nitrogens with zero attached hydrogens (tertiary/aromatic N) is 2. The Kier molecular flexibility index (Phi) is 9.88. The monoisotopic (exact) mass is 484 g/mol. The highest BCUT2D eigenvalue weighted by Crippen LogP contribution is 2.21. The second kappa shape index (κ2) is 12.8. The minimum atomic E-state index is -0.484. The Balaban J connectivity index is 0.000000205. The normalized spacial score (nSPS) is 12.2. The van der Waals surface area contributed by atoms with E-state index in [1.165, 1.54) is 17.7 Å².